The van der Waals surface area contributed by atoms with Crippen LogP contribution in [0, 0.1) is 0 Å². The fourth-order valence-corrected chi connectivity index (χ4v) is 1.95. The van der Waals surface area contributed by atoms with Gasteiger partial charge in [-0.1, -0.05) is 17.7 Å². The maximum absolute atomic E-state index is 11.3. The van der Waals surface area contributed by atoms with E-state index in [0.29, 0.717) is 24.6 Å². The van der Waals surface area contributed by atoms with E-state index in [1.807, 2.05) is 25.1 Å². The summed E-state index contributed by atoms with van der Waals surface area (Å²) in [6.07, 6.45) is 0.334. The van der Waals surface area contributed by atoms with E-state index in [1.165, 1.54) is 0 Å². The average molecular weight is 286 g/mol. The highest BCUT2D eigenvalue weighted by molar-refractivity contribution is 6.31. The van der Waals surface area contributed by atoms with Gasteiger partial charge in [-0.3, -0.25) is 4.79 Å². The molecule has 1 unspecified atom stereocenters. The van der Waals surface area contributed by atoms with E-state index in [0.717, 1.165) is 11.3 Å². The van der Waals surface area contributed by atoms with Crippen molar-refractivity contribution in [1.82, 2.24) is 5.32 Å². The molecular formula is C14H20ClNO3. The van der Waals surface area contributed by atoms with Crippen LogP contribution in [0.1, 0.15) is 25.8 Å². The summed E-state index contributed by atoms with van der Waals surface area (Å²) in [4.78, 5) is 11.3. The van der Waals surface area contributed by atoms with Crippen molar-refractivity contribution in [3.8, 4) is 5.75 Å². The summed E-state index contributed by atoms with van der Waals surface area (Å²) in [5.74, 6) is 0.539. The molecule has 1 atom stereocenters. The van der Waals surface area contributed by atoms with Gasteiger partial charge in [-0.2, -0.15) is 0 Å². The molecule has 0 fully saturated rings. The Morgan fingerprint density at radius 3 is 2.84 bits per heavy atom. The van der Waals surface area contributed by atoms with Crippen molar-refractivity contribution in [3.05, 3.63) is 28.8 Å². The third-order valence-electron chi connectivity index (χ3n) is 2.70. The van der Waals surface area contributed by atoms with E-state index in [4.69, 9.17) is 21.1 Å². The third kappa shape index (κ3) is 5.09. The minimum absolute atomic E-state index is 0.0139. The van der Waals surface area contributed by atoms with E-state index in [1.54, 1.807) is 14.0 Å². The number of halogens is 1. The maximum atomic E-state index is 11.3. The van der Waals surface area contributed by atoms with Crippen LogP contribution < -0.4 is 10.1 Å². The number of carbonyl (C=O) groups is 1. The number of esters is 1. The van der Waals surface area contributed by atoms with Gasteiger partial charge in [0.25, 0.3) is 0 Å². The monoisotopic (exact) mass is 285 g/mol. The first kappa shape index (κ1) is 15.8. The summed E-state index contributed by atoms with van der Waals surface area (Å²) in [6, 6.07) is 5.53. The Labute approximate surface area is 119 Å². The predicted molar refractivity (Wildman–Crippen MR) is 75.6 cm³/mol. The quantitative estimate of drug-likeness (QED) is 0.783. The van der Waals surface area contributed by atoms with Crippen molar-refractivity contribution in [3.63, 3.8) is 0 Å². The molecule has 106 valence electrons. The summed E-state index contributed by atoms with van der Waals surface area (Å²) < 4.78 is 10.2. The topological polar surface area (TPSA) is 47.6 Å². The molecule has 0 aromatic heterocycles. The van der Waals surface area contributed by atoms with Gasteiger partial charge < -0.3 is 14.8 Å². The molecule has 0 heterocycles. The van der Waals surface area contributed by atoms with Gasteiger partial charge in [0, 0.05) is 23.2 Å². The molecule has 0 radical (unpaired) electrons. The molecule has 0 spiro atoms. The summed E-state index contributed by atoms with van der Waals surface area (Å²) >= 11 is 6.14. The van der Waals surface area contributed by atoms with Gasteiger partial charge in [0.05, 0.1) is 20.1 Å². The second-order valence-electron chi connectivity index (χ2n) is 4.21. The average Bonchev–Trinajstić information content (AvgIpc) is 2.37. The molecule has 1 aromatic rings. The molecular weight excluding hydrogens is 266 g/mol. The number of hydrogen-bond donors (Lipinski definition) is 1. The van der Waals surface area contributed by atoms with Gasteiger partial charge in [0.2, 0.25) is 0 Å². The molecule has 1 N–H and O–H groups in total. The van der Waals surface area contributed by atoms with E-state index >= 15 is 0 Å². The molecule has 0 saturated carbocycles. The van der Waals surface area contributed by atoms with Crippen LogP contribution in [0.15, 0.2) is 18.2 Å². The summed E-state index contributed by atoms with van der Waals surface area (Å²) in [5, 5.41) is 3.89. The number of nitrogens with one attached hydrogen (secondary N) is 1. The van der Waals surface area contributed by atoms with Crippen LogP contribution >= 0.6 is 11.6 Å². The van der Waals surface area contributed by atoms with Crippen molar-refractivity contribution in [2.45, 2.75) is 32.9 Å². The first-order valence-corrected chi connectivity index (χ1v) is 6.66. The summed E-state index contributed by atoms with van der Waals surface area (Å²) in [5.41, 5.74) is 0.891. The van der Waals surface area contributed by atoms with Crippen LogP contribution in [0.25, 0.3) is 0 Å². The van der Waals surface area contributed by atoms with Crippen molar-refractivity contribution in [1.29, 1.82) is 0 Å². The predicted octanol–water partition coefficient (Wildman–Crippen LogP) is 2.78. The molecule has 0 aliphatic carbocycles. The van der Waals surface area contributed by atoms with Gasteiger partial charge in [-0.15, -0.1) is 0 Å². The Balaban J connectivity index is 2.54. The molecule has 0 bridgehead atoms. The first-order chi connectivity index (χ1) is 9.08. The first-order valence-electron chi connectivity index (χ1n) is 6.28. The van der Waals surface area contributed by atoms with Crippen LogP contribution in [-0.4, -0.2) is 25.7 Å². The van der Waals surface area contributed by atoms with E-state index in [-0.39, 0.29) is 12.0 Å². The van der Waals surface area contributed by atoms with Crippen molar-refractivity contribution >= 4 is 17.6 Å². The molecule has 0 amide bonds. The van der Waals surface area contributed by atoms with Crippen molar-refractivity contribution < 1.29 is 14.3 Å². The molecule has 1 aromatic carbocycles. The number of rotatable bonds is 7. The molecule has 5 heteroatoms. The van der Waals surface area contributed by atoms with Gasteiger partial charge >= 0.3 is 5.97 Å². The third-order valence-corrected chi connectivity index (χ3v) is 3.06. The smallest absolute Gasteiger partial charge is 0.307 e. The Morgan fingerprint density at radius 2 is 2.21 bits per heavy atom. The Morgan fingerprint density at radius 1 is 1.47 bits per heavy atom. The standard InChI is InChI=1S/C14H20ClNO3/c1-4-19-14(17)8-10(2)16-9-11-12(15)6-5-7-13(11)18-3/h5-7,10,16H,4,8-9H2,1-3H3. The highest BCUT2D eigenvalue weighted by atomic mass is 35.5. The molecule has 4 nitrogen and oxygen atoms in total. The largest absolute Gasteiger partial charge is 0.496 e. The zero-order valence-electron chi connectivity index (χ0n) is 11.5. The van der Waals surface area contributed by atoms with Crippen LogP contribution in [-0.2, 0) is 16.1 Å². The lowest BCUT2D eigenvalue weighted by Gasteiger charge is -2.15. The SMILES string of the molecule is CCOC(=O)CC(C)NCc1c(Cl)cccc1OC. The molecule has 0 aliphatic rings. The van der Waals surface area contributed by atoms with E-state index < -0.39 is 0 Å². The number of benzene rings is 1. The van der Waals surface area contributed by atoms with Gasteiger partial charge in [-0.25, -0.2) is 0 Å². The van der Waals surface area contributed by atoms with Crippen molar-refractivity contribution in [2.24, 2.45) is 0 Å². The Bertz CT molecular complexity index is 423. The van der Waals surface area contributed by atoms with Crippen LogP contribution in [0.5, 0.6) is 5.75 Å². The zero-order chi connectivity index (χ0) is 14.3. The lowest BCUT2D eigenvalue weighted by Crippen LogP contribution is -2.29. The van der Waals surface area contributed by atoms with Gasteiger partial charge in [0.1, 0.15) is 5.75 Å². The molecule has 0 saturated heterocycles. The normalized spacial score (nSPS) is 12.0. The minimum atomic E-state index is -0.200. The number of hydrogen-bond acceptors (Lipinski definition) is 4. The lowest BCUT2D eigenvalue weighted by molar-refractivity contribution is -0.143. The van der Waals surface area contributed by atoms with Crippen LogP contribution in [0.4, 0.5) is 0 Å². The second-order valence-corrected chi connectivity index (χ2v) is 4.62. The van der Waals surface area contributed by atoms with Crippen LogP contribution in [0.2, 0.25) is 5.02 Å². The molecule has 1 rings (SSSR count). The lowest BCUT2D eigenvalue weighted by atomic mass is 10.1. The summed E-state index contributed by atoms with van der Waals surface area (Å²) in [6.45, 7) is 4.68. The van der Waals surface area contributed by atoms with E-state index in [9.17, 15) is 4.79 Å². The Hall–Kier alpha value is -1.26. The van der Waals surface area contributed by atoms with Gasteiger partial charge in [-0.05, 0) is 26.0 Å². The molecule has 0 aliphatic heterocycles. The highest BCUT2D eigenvalue weighted by Crippen LogP contribution is 2.26. The minimum Gasteiger partial charge on any atom is -0.496 e. The van der Waals surface area contributed by atoms with Crippen molar-refractivity contribution in [2.75, 3.05) is 13.7 Å². The fraction of sp³-hybridized carbons (Fsp3) is 0.500. The molecule has 19 heavy (non-hydrogen) atoms. The summed E-state index contributed by atoms with van der Waals surface area (Å²) in [7, 11) is 1.61. The van der Waals surface area contributed by atoms with E-state index in [2.05, 4.69) is 5.32 Å². The Kier molecular flexibility index (Phi) is 6.67. The fourth-order valence-electron chi connectivity index (χ4n) is 1.72. The number of carbonyl (C=O) groups excluding carboxylic acids is 1. The highest BCUT2D eigenvalue weighted by Gasteiger charge is 2.12. The maximum Gasteiger partial charge on any atom is 0.307 e. The zero-order valence-corrected chi connectivity index (χ0v) is 12.3. The van der Waals surface area contributed by atoms with Crippen LogP contribution in [0.3, 0.4) is 0 Å². The second kappa shape index (κ2) is 8.02. The number of ether oxygens (including phenoxy) is 2. The van der Waals surface area contributed by atoms with Gasteiger partial charge in [0.15, 0.2) is 0 Å². The number of methoxy groups -OCH3 is 1.